The summed E-state index contributed by atoms with van der Waals surface area (Å²) in [6.07, 6.45) is 5.65. The highest BCUT2D eigenvalue weighted by atomic mass is 79.9. The molecule has 19 heavy (non-hydrogen) atoms. The van der Waals surface area contributed by atoms with Crippen molar-refractivity contribution in [1.29, 1.82) is 0 Å². The number of aromatic nitrogens is 3. The molecule has 0 saturated heterocycles. The summed E-state index contributed by atoms with van der Waals surface area (Å²) in [5.74, 6) is 0. The van der Waals surface area contributed by atoms with Gasteiger partial charge in [-0.2, -0.15) is 5.10 Å². The molecule has 2 atom stereocenters. The van der Waals surface area contributed by atoms with Gasteiger partial charge in [-0.05, 0) is 37.0 Å². The minimum absolute atomic E-state index is 0.372. The first-order chi connectivity index (χ1) is 9.24. The van der Waals surface area contributed by atoms with E-state index in [4.69, 9.17) is 0 Å². The number of hydrogen-bond donors (Lipinski definition) is 1. The summed E-state index contributed by atoms with van der Waals surface area (Å²) >= 11 is 3.64. The molecule has 0 spiro atoms. The van der Waals surface area contributed by atoms with Crippen molar-refractivity contribution in [2.75, 3.05) is 0 Å². The topological polar surface area (TPSA) is 42.7 Å². The van der Waals surface area contributed by atoms with Crippen molar-refractivity contribution in [3.8, 4) is 0 Å². The van der Waals surface area contributed by atoms with Crippen molar-refractivity contribution in [2.45, 2.75) is 38.4 Å². The molecule has 5 heteroatoms. The number of nitrogens with zero attached hydrogens (tertiary/aromatic N) is 3. The number of fused-ring (bicyclic) bond motifs is 1. The summed E-state index contributed by atoms with van der Waals surface area (Å²) in [6, 6.07) is 7.29. The largest absolute Gasteiger partial charge is 0.306 e. The smallest absolute Gasteiger partial charge is 0.137 e. The van der Waals surface area contributed by atoms with Gasteiger partial charge in [-0.25, -0.2) is 4.98 Å². The second kappa shape index (κ2) is 5.43. The van der Waals surface area contributed by atoms with Crippen LogP contribution in [0.2, 0.25) is 0 Å². The summed E-state index contributed by atoms with van der Waals surface area (Å²) in [4.78, 5) is 3.97. The van der Waals surface area contributed by atoms with Crippen LogP contribution in [0.25, 0.3) is 0 Å². The standard InChI is InChI=1S/C14H17BrN4/c1-10(7-19-9-16-8-17-19)18-14-6-5-11-12(14)3-2-4-13(11)15/h2-4,8-10,14,18H,5-7H2,1H3/t10-,14-/m0/s1. The van der Waals surface area contributed by atoms with E-state index in [1.807, 2.05) is 4.68 Å². The zero-order valence-electron chi connectivity index (χ0n) is 10.9. The first kappa shape index (κ1) is 12.8. The lowest BCUT2D eigenvalue weighted by Gasteiger charge is -2.20. The SMILES string of the molecule is C[C@@H](Cn1cncn1)N[C@H]1CCc2c(Br)cccc21. The average Bonchev–Trinajstić information content (AvgIpc) is 3.01. The number of rotatable bonds is 4. The molecule has 1 heterocycles. The molecule has 1 N–H and O–H groups in total. The molecule has 0 saturated carbocycles. The second-order valence-corrected chi connectivity index (χ2v) is 5.94. The maximum absolute atomic E-state index is 4.15. The van der Waals surface area contributed by atoms with Crippen molar-refractivity contribution in [3.05, 3.63) is 46.5 Å². The van der Waals surface area contributed by atoms with E-state index in [1.165, 1.54) is 22.0 Å². The maximum atomic E-state index is 4.15. The van der Waals surface area contributed by atoms with Gasteiger partial charge in [0.1, 0.15) is 12.7 Å². The van der Waals surface area contributed by atoms with Gasteiger partial charge in [-0.1, -0.05) is 28.1 Å². The van der Waals surface area contributed by atoms with E-state index in [0.29, 0.717) is 12.1 Å². The normalized spacial score (nSPS) is 19.4. The lowest BCUT2D eigenvalue weighted by atomic mass is 10.1. The molecule has 2 aromatic rings. The minimum atomic E-state index is 0.372. The van der Waals surface area contributed by atoms with Crippen LogP contribution in [0, 0.1) is 0 Å². The zero-order valence-corrected chi connectivity index (χ0v) is 12.5. The highest BCUT2D eigenvalue weighted by molar-refractivity contribution is 9.10. The van der Waals surface area contributed by atoms with Gasteiger partial charge in [-0.15, -0.1) is 0 Å². The molecular weight excluding hydrogens is 304 g/mol. The molecule has 0 aliphatic heterocycles. The van der Waals surface area contributed by atoms with Crippen LogP contribution in [0.15, 0.2) is 35.3 Å². The summed E-state index contributed by atoms with van der Waals surface area (Å²) in [7, 11) is 0. The van der Waals surface area contributed by atoms with Crippen molar-refractivity contribution < 1.29 is 0 Å². The fourth-order valence-electron chi connectivity index (χ4n) is 2.79. The van der Waals surface area contributed by atoms with Crippen LogP contribution in [0.3, 0.4) is 0 Å². The Bertz CT molecular complexity index is 553. The first-order valence-electron chi connectivity index (χ1n) is 6.60. The molecule has 0 unspecified atom stereocenters. The van der Waals surface area contributed by atoms with Crippen molar-refractivity contribution in [1.82, 2.24) is 20.1 Å². The summed E-state index contributed by atoms with van der Waals surface area (Å²) in [5, 5.41) is 7.84. The zero-order chi connectivity index (χ0) is 13.2. The molecular formula is C14H17BrN4. The van der Waals surface area contributed by atoms with Gasteiger partial charge in [0.05, 0.1) is 6.54 Å². The predicted octanol–water partition coefficient (Wildman–Crippen LogP) is 2.71. The van der Waals surface area contributed by atoms with Crippen LogP contribution in [-0.2, 0) is 13.0 Å². The van der Waals surface area contributed by atoms with Crippen LogP contribution in [0.4, 0.5) is 0 Å². The Kier molecular flexibility index (Phi) is 3.66. The van der Waals surface area contributed by atoms with Gasteiger partial charge in [0.15, 0.2) is 0 Å². The quantitative estimate of drug-likeness (QED) is 0.941. The van der Waals surface area contributed by atoms with Crippen molar-refractivity contribution in [2.24, 2.45) is 0 Å². The molecule has 0 fully saturated rings. The minimum Gasteiger partial charge on any atom is -0.306 e. The van der Waals surface area contributed by atoms with E-state index >= 15 is 0 Å². The Morgan fingerprint density at radius 2 is 2.42 bits per heavy atom. The Labute approximate surface area is 121 Å². The molecule has 1 aromatic carbocycles. The fourth-order valence-corrected chi connectivity index (χ4v) is 3.37. The van der Waals surface area contributed by atoms with Crippen LogP contribution in [0.5, 0.6) is 0 Å². The third-order valence-corrected chi connectivity index (χ3v) is 4.37. The molecule has 0 amide bonds. The molecule has 1 aliphatic carbocycles. The Balaban J connectivity index is 1.68. The van der Waals surface area contributed by atoms with E-state index in [1.54, 1.807) is 12.7 Å². The molecule has 1 aliphatic rings. The monoisotopic (exact) mass is 320 g/mol. The molecule has 1 aromatic heterocycles. The van der Waals surface area contributed by atoms with Crippen LogP contribution in [-0.4, -0.2) is 20.8 Å². The van der Waals surface area contributed by atoms with Crippen LogP contribution in [0.1, 0.15) is 30.5 Å². The molecule has 0 bridgehead atoms. The van der Waals surface area contributed by atoms with Crippen molar-refractivity contribution >= 4 is 15.9 Å². The van der Waals surface area contributed by atoms with Crippen LogP contribution >= 0.6 is 15.9 Å². The van der Waals surface area contributed by atoms with Crippen molar-refractivity contribution in [3.63, 3.8) is 0 Å². The lowest BCUT2D eigenvalue weighted by molar-refractivity contribution is 0.397. The number of nitrogens with one attached hydrogen (secondary N) is 1. The number of halogens is 1. The lowest BCUT2D eigenvalue weighted by Crippen LogP contribution is -2.33. The predicted molar refractivity (Wildman–Crippen MR) is 77.8 cm³/mol. The summed E-state index contributed by atoms with van der Waals surface area (Å²) in [6.45, 7) is 3.04. The molecule has 3 rings (SSSR count). The van der Waals surface area contributed by atoms with Gasteiger partial charge >= 0.3 is 0 Å². The first-order valence-corrected chi connectivity index (χ1v) is 7.39. The average molecular weight is 321 g/mol. The highest BCUT2D eigenvalue weighted by Gasteiger charge is 2.24. The maximum Gasteiger partial charge on any atom is 0.137 e. The van der Waals surface area contributed by atoms with Gasteiger partial charge < -0.3 is 5.32 Å². The summed E-state index contributed by atoms with van der Waals surface area (Å²) < 4.78 is 3.10. The summed E-state index contributed by atoms with van der Waals surface area (Å²) in [5.41, 5.74) is 2.88. The van der Waals surface area contributed by atoms with Gasteiger partial charge in [-0.3, -0.25) is 4.68 Å². The Hall–Kier alpha value is -1.20. The van der Waals surface area contributed by atoms with E-state index < -0.39 is 0 Å². The van der Waals surface area contributed by atoms with Gasteiger partial charge in [0.25, 0.3) is 0 Å². The Morgan fingerprint density at radius 3 is 3.21 bits per heavy atom. The number of hydrogen-bond acceptors (Lipinski definition) is 3. The van der Waals surface area contributed by atoms with E-state index in [0.717, 1.165) is 13.0 Å². The third kappa shape index (κ3) is 2.72. The second-order valence-electron chi connectivity index (χ2n) is 5.08. The Morgan fingerprint density at radius 1 is 1.53 bits per heavy atom. The molecule has 4 nitrogen and oxygen atoms in total. The number of benzene rings is 1. The van der Waals surface area contributed by atoms with E-state index in [2.05, 4.69) is 56.5 Å². The third-order valence-electron chi connectivity index (χ3n) is 3.63. The molecule has 0 radical (unpaired) electrons. The molecule has 100 valence electrons. The van der Waals surface area contributed by atoms with Gasteiger partial charge in [0, 0.05) is 16.6 Å². The fraction of sp³-hybridized carbons (Fsp3) is 0.429. The van der Waals surface area contributed by atoms with Crippen LogP contribution < -0.4 is 5.32 Å². The van der Waals surface area contributed by atoms with E-state index in [9.17, 15) is 0 Å². The van der Waals surface area contributed by atoms with E-state index in [-0.39, 0.29) is 0 Å². The highest BCUT2D eigenvalue weighted by Crippen LogP contribution is 2.35. The van der Waals surface area contributed by atoms with Gasteiger partial charge in [0.2, 0.25) is 0 Å².